The molecule has 0 saturated carbocycles. The Labute approximate surface area is 179 Å². The predicted octanol–water partition coefficient (Wildman–Crippen LogP) is 2.61. The lowest BCUT2D eigenvalue weighted by Crippen LogP contribution is -2.41. The molecule has 0 fully saturated rings. The minimum absolute atomic E-state index is 0.00363. The van der Waals surface area contributed by atoms with E-state index in [9.17, 15) is 36.3 Å². The third kappa shape index (κ3) is 7.61. The van der Waals surface area contributed by atoms with Crippen molar-refractivity contribution in [1.82, 2.24) is 10.2 Å². The van der Waals surface area contributed by atoms with Crippen molar-refractivity contribution in [2.24, 2.45) is 0 Å². The molecule has 0 atom stereocenters. The number of halogens is 5. The summed E-state index contributed by atoms with van der Waals surface area (Å²) >= 11 is 0. The lowest BCUT2D eigenvalue weighted by Gasteiger charge is -2.17. The molecule has 0 bridgehead atoms. The molecule has 0 heterocycles. The Morgan fingerprint density at radius 3 is 2.19 bits per heavy atom. The van der Waals surface area contributed by atoms with E-state index < -0.39 is 53.3 Å². The summed E-state index contributed by atoms with van der Waals surface area (Å²) in [4.78, 5) is 37.0. The van der Waals surface area contributed by atoms with Crippen LogP contribution in [0.5, 0.6) is 0 Å². The zero-order chi connectivity index (χ0) is 23.9. The van der Waals surface area contributed by atoms with Gasteiger partial charge in [-0.1, -0.05) is 12.1 Å². The van der Waals surface area contributed by atoms with E-state index in [2.05, 4.69) is 16.0 Å². The number of benzene rings is 2. The van der Waals surface area contributed by atoms with Crippen LogP contribution in [0.3, 0.4) is 0 Å². The molecule has 7 nitrogen and oxygen atoms in total. The Morgan fingerprint density at radius 1 is 0.875 bits per heavy atom. The SMILES string of the molecule is CN(CC(=O)NCC(=O)Nc1ccc(F)c(F)c1)CC(=O)Nc1ccccc1C(F)(F)F. The molecule has 0 aromatic heterocycles. The summed E-state index contributed by atoms with van der Waals surface area (Å²) in [6.45, 7) is -1.19. The van der Waals surface area contributed by atoms with Crippen LogP contribution in [-0.2, 0) is 20.6 Å². The second-order valence-corrected chi connectivity index (χ2v) is 6.72. The van der Waals surface area contributed by atoms with Crippen LogP contribution in [0, 0.1) is 11.6 Å². The Hall–Kier alpha value is -3.54. The fourth-order valence-corrected chi connectivity index (χ4v) is 2.59. The molecule has 3 amide bonds. The van der Waals surface area contributed by atoms with E-state index in [1.54, 1.807) is 0 Å². The van der Waals surface area contributed by atoms with E-state index in [-0.39, 0.29) is 18.8 Å². The standard InChI is InChI=1S/C20H19F5N4O3/c1-29(11-19(32)28-16-5-3-2-4-13(16)20(23,24)25)10-18(31)26-9-17(30)27-12-6-7-14(21)15(22)8-12/h2-8H,9-11H2,1H3,(H,26,31)(H,27,30)(H,28,32). The minimum atomic E-state index is -4.64. The van der Waals surface area contributed by atoms with Crippen molar-refractivity contribution in [3.63, 3.8) is 0 Å². The lowest BCUT2D eigenvalue weighted by molar-refractivity contribution is -0.137. The van der Waals surface area contributed by atoms with Crippen molar-refractivity contribution in [2.45, 2.75) is 6.18 Å². The van der Waals surface area contributed by atoms with E-state index >= 15 is 0 Å². The average molecular weight is 458 g/mol. The normalized spacial score (nSPS) is 11.2. The van der Waals surface area contributed by atoms with Crippen molar-refractivity contribution in [3.05, 3.63) is 59.7 Å². The van der Waals surface area contributed by atoms with Gasteiger partial charge in [-0.05, 0) is 31.3 Å². The van der Waals surface area contributed by atoms with E-state index in [0.29, 0.717) is 0 Å². The number of nitrogens with one attached hydrogen (secondary N) is 3. The maximum Gasteiger partial charge on any atom is 0.418 e. The second kappa shape index (κ2) is 10.7. The van der Waals surface area contributed by atoms with Gasteiger partial charge in [-0.15, -0.1) is 0 Å². The lowest BCUT2D eigenvalue weighted by atomic mass is 10.1. The molecule has 0 saturated heterocycles. The van der Waals surface area contributed by atoms with Crippen molar-refractivity contribution in [2.75, 3.05) is 37.3 Å². The van der Waals surface area contributed by atoms with Crippen molar-refractivity contribution in [1.29, 1.82) is 0 Å². The molecule has 2 aromatic rings. The van der Waals surface area contributed by atoms with Crippen LogP contribution < -0.4 is 16.0 Å². The fourth-order valence-electron chi connectivity index (χ4n) is 2.59. The second-order valence-electron chi connectivity index (χ2n) is 6.72. The number of carbonyl (C=O) groups is 3. The van der Waals surface area contributed by atoms with Crippen LogP contribution in [0.25, 0.3) is 0 Å². The van der Waals surface area contributed by atoms with Gasteiger partial charge in [0.2, 0.25) is 17.7 Å². The molecule has 32 heavy (non-hydrogen) atoms. The molecule has 0 unspecified atom stereocenters. The van der Waals surface area contributed by atoms with Gasteiger partial charge in [-0.25, -0.2) is 8.78 Å². The van der Waals surface area contributed by atoms with Crippen LogP contribution in [0.15, 0.2) is 42.5 Å². The van der Waals surface area contributed by atoms with Crippen LogP contribution in [-0.4, -0.2) is 49.3 Å². The molecular weight excluding hydrogens is 439 g/mol. The first kappa shape index (κ1) is 24.7. The highest BCUT2D eigenvalue weighted by Crippen LogP contribution is 2.34. The number of nitrogens with zero attached hydrogens (tertiary/aromatic N) is 1. The first-order chi connectivity index (χ1) is 15.0. The van der Waals surface area contributed by atoms with Crippen LogP contribution in [0.4, 0.5) is 33.3 Å². The highest BCUT2D eigenvalue weighted by atomic mass is 19.4. The molecule has 3 N–H and O–H groups in total. The summed E-state index contributed by atoms with van der Waals surface area (Å²) < 4.78 is 64.9. The van der Waals surface area contributed by atoms with Crippen molar-refractivity contribution in [3.8, 4) is 0 Å². The molecule has 0 aliphatic rings. The van der Waals surface area contributed by atoms with Gasteiger partial charge < -0.3 is 16.0 Å². The molecule has 12 heteroatoms. The van der Waals surface area contributed by atoms with E-state index in [1.807, 2.05) is 0 Å². The number of hydrogen-bond acceptors (Lipinski definition) is 4. The average Bonchev–Trinajstić information content (AvgIpc) is 2.68. The predicted molar refractivity (Wildman–Crippen MR) is 106 cm³/mol. The summed E-state index contributed by atoms with van der Waals surface area (Å²) in [5.74, 6) is -4.34. The quantitative estimate of drug-likeness (QED) is 0.531. The summed E-state index contributed by atoms with van der Waals surface area (Å²) in [7, 11) is 1.39. The van der Waals surface area contributed by atoms with Gasteiger partial charge in [0.15, 0.2) is 11.6 Å². The molecule has 2 rings (SSSR count). The number of carbonyl (C=O) groups excluding carboxylic acids is 3. The van der Waals surface area contributed by atoms with Crippen LogP contribution >= 0.6 is 0 Å². The van der Waals surface area contributed by atoms with Crippen LogP contribution in [0.1, 0.15) is 5.56 Å². The molecule has 0 radical (unpaired) electrons. The number of alkyl halides is 3. The molecule has 0 spiro atoms. The highest BCUT2D eigenvalue weighted by Gasteiger charge is 2.33. The van der Waals surface area contributed by atoms with Gasteiger partial charge in [0, 0.05) is 11.8 Å². The largest absolute Gasteiger partial charge is 0.418 e. The Balaban J connectivity index is 1.78. The van der Waals surface area contributed by atoms with Gasteiger partial charge in [0.1, 0.15) is 0 Å². The Kier molecular flexibility index (Phi) is 8.24. The molecule has 2 aromatic carbocycles. The number of anilines is 2. The van der Waals surface area contributed by atoms with E-state index in [0.717, 1.165) is 30.3 Å². The maximum atomic E-state index is 13.1. The summed E-state index contributed by atoms with van der Waals surface area (Å²) in [6, 6.07) is 7.22. The third-order valence-electron chi connectivity index (χ3n) is 3.98. The molecule has 172 valence electrons. The number of amides is 3. The number of likely N-dealkylation sites (N-methyl/N-ethyl adjacent to an activating group) is 1. The first-order valence-electron chi connectivity index (χ1n) is 9.12. The first-order valence-corrected chi connectivity index (χ1v) is 9.12. The monoisotopic (exact) mass is 458 g/mol. The highest BCUT2D eigenvalue weighted by molar-refractivity contribution is 5.95. The van der Waals surface area contributed by atoms with Gasteiger partial charge in [0.05, 0.1) is 30.9 Å². The zero-order valence-corrected chi connectivity index (χ0v) is 16.7. The van der Waals surface area contributed by atoms with E-state index in [4.69, 9.17) is 0 Å². The smallest absolute Gasteiger partial charge is 0.346 e. The summed E-state index contributed by atoms with van der Waals surface area (Å²) in [5.41, 5.74) is -1.41. The zero-order valence-electron chi connectivity index (χ0n) is 16.7. The van der Waals surface area contributed by atoms with Gasteiger partial charge in [0.25, 0.3) is 0 Å². The minimum Gasteiger partial charge on any atom is -0.346 e. The molecule has 0 aliphatic carbocycles. The topological polar surface area (TPSA) is 90.5 Å². The maximum absolute atomic E-state index is 13.1. The fraction of sp³-hybridized carbons (Fsp3) is 0.250. The Bertz CT molecular complexity index is 997. The Morgan fingerprint density at radius 2 is 1.53 bits per heavy atom. The van der Waals surface area contributed by atoms with Gasteiger partial charge in [-0.3, -0.25) is 19.3 Å². The van der Waals surface area contributed by atoms with Crippen molar-refractivity contribution < 1.29 is 36.3 Å². The third-order valence-corrected chi connectivity index (χ3v) is 3.98. The van der Waals surface area contributed by atoms with Crippen molar-refractivity contribution >= 4 is 29.1 Å². The van der Waals surface area contributed by atoms with E-state index in [1.165, 1.54) is 24.1 Å². The van der Waals surface area contributed by atoms with Gasteiger partial charge >= 0.3 is 6.18 Å². The van der Waals surface area contributed by atoms with Gasteiger partial charge in [-0.2, -0.15) is 13.2 Å². The summed E-state index contributed by atoms with van der Waals surface area (Å²) in [5, 5.41) is 6.69. The number of rotatable bonds is 8. The molecular formula is C20H19F5N4O3. The summed E-state index contributed by atoms with van der Waals surface area (Å²) in [6.07, 6.45) is -4.64. The molecule has 0 aliphatic heterocycles. The number of para-hydroxylation sites is 1. The number of hydrogen-bond donors (Lipinski definition) is 3. The van der Waals surface area contributed by atoms with Crippen LogP contribution in [0.2, 0.25) is 0 Å².